The van der Waals surface area contributed by atoms with E-state index in [4.69, 9.17) is 159 Å². The van der Waals surface area contributed by atoms with E-state index < -0.39 is 135 Å². The topological polar surface area (TPSA) is 400 Å². The smallest absolute Gasteiger partial charge is 0.333 e. The van der Waals surface area contributed by atoms with Gasteiger partial charge in [0, 0.05) is 78.2 Å². The molecule has 0 spiro atoms. The van der Waals surface area contributed by atoms with Crippen LogP contribution in [0.2, 0.25) is 256 Å². The first-order chi connectivity index (χ1) is 67.6. The van der Waals surface area contributed by atoms with Crippen LogP contribution in [0, 0.1) is 0 Å². The number of carbonyl (C=O) groups is 1. The Bertz CT molecular complexity index is 3460. The Morgan fingerprint density at radius 1 is 0.241 bits per heavy atom. The summed E-state index contributed by atoms with van der Waals surface area (Å²) in [4.78, 5) is 11.9. The summed E-state index contributed by atoms with van der Waals surface area (Å²) in [5, 5.41) is 26.8. The fraction of sp³-hybridized carbons (Fsp3) is 0.968. The summed E-state index contributed by atoms with van der Waals surface area (Å²) in [6.07, 6.45) is 10.2. The van der Waals surface area contributed by atoms with Gasteiger partial charge in [0.1, 0.15) is 56.1 Å². The van der Waals surface area contributed by atoms with Crippen LogP contribution in [-0.2, 0) is 149 Å². The van der Waals surface area contributed by atoms with Gasteiger partial charge in [-0.1, -0.05) is 6.58 Å². The number of carbonyl (C=O) groups excluding carboxylic acids is 1. The predicted octanol–water partition coefficient (Wildman–Crippen LogP) is 16.8. The fourth-order valence-electron chi connectivity index (χ4n) is 17.5. The Morgan fingerprint density at radius 3 is 0.676 bits per heavy atom. The molecule has 0 aliphatic carbocycles. The van der Waals surface area contributed by atoms with E-state index in [1.165, 1.54) is 0 Å². The maximum atomic E-state index is 11.9. The van der Waals surface area contributed by atoms with Crippen molar-refractivity contribution in [3.05, 3.63) is 12.2 Å². The number of hydrogen-bond donors (Lipinski definition) is 3. The second-order valence-electron chi connectivity index (χ2n) is 47.1. The molecule has 8 aliphatic heterocycles. The van der Waals surface area contributed by atoms with Crippen molar-refractivity contribution < 1.29 is 164 Å². The maximum absolute atomic E-state index is 11.9. The van der Waals surface area contributed by atoms with Crippen molar-refractivity contribution in [1.82, 2.24) is 0 Å². The Hall–Kier alpha value is 1.32. The van der Waals surface area contributed by atoms with Crippen molar-refractivity contribution in [3.8, 4) is 0 Å². The molecule has 0 aromatic carbocycles. The number of aliphatic hydroxyl groups is 3. The van der Waals surface area contributed by atoms with Crippen molar-refractivity contribution >= 4 is 141 Å². The van der Waals surface area contributed by atoms with Gasteiger partial charge in [-0.05, 0) is 321 Å². The minimum absolute atomic E-state index is 0.0281. The normalized spacial score (nSPS) is 21.8. The molecule has 3 N–H and O–H groups in total. The largest absolute Gasteiger partial charge is 0.462 e. The number of aliphatic hydroxyl groups excluding tert-OH is 3. The van der Waals surface area contributed by atoms with Crippen molar-refractivity contribution in [2.45, 2.75) is 370 Å². The highest BCUT2D eigenvalue weighted by Gasteiger charge is 2.52. The third kappa shape index (κ3) is 74.4. The summed E-state index contributed by atoms with van der Waals surface area (Å²) < 4.78 is 192. The average molecular weight is 2350 g/mol. The Morgan fingerprint density at radius 2 is 0.441 bits per heavy atom. The molecule has 0 radical (unpaired) electrons. The van der Waals surface area contributed by atoms with Gasteiger partial charge in [0.15, 0.2) is 72.8 Å². The third-order valence-electron chi connectivity index (χ3n) is 23.9. The lowest BCUT2D eigenvalue weighted by molar-refractivity contribution is -0.139. The molecule has 858 valence electrons. The lowest BCUT2D eigenvalue weighted by atomic mass is 10.4. The monoisotopic (exact) mass is 2350 g/mol. The van der Waals surface area contributed by atoms with Crippen molar-refractivity contribution in [2.75, 3.05) is 212 Å². The minimum atomic E-state index is -2.64. The van der Waals surface area contributed by atoms with Crippen LogP contribution < -0.4 is 0 Å². The second-order valence-corrected chi connectivity index (χ2v) is 111. The molecule has 12 atom stereocenters. The van der Waals surface area contributed by atoms with E-state index in [2.05, 4.69) is 190 Å². The lowest BCUT2D eigenvalue weighted by Crippen LogP contribution is -2.58. The highest BCUT2D eigenvalue weighted by Crippen LogP contribution is 2.38. The number of hydrogen-bond acceptors (Lipinski definition) is 36. The lowest BCUT2D eigenvalue weighted by Gasteiger charge is -2.43. The second kappa shape index (κ2) is 67.1. The van der Waals surface area contributed by atoms with E-state index >= 15 is 0 Å². The van der Waals surface area contributed by atoms with E-state index in [0.717, 1.165) is 197 Å². The highest BCUT2D eigenvalue weighted by atomic mass is 28.5. The first kappa shape index (κ1) is 137. The predicted molar refractivity (Wildman–Crippen MR) is 603 cm³/mol. The molecule has 8 heterocycles. The van der Waals surface area contributed by atoms with Gasteiger partial charge in [-0.25, -0.2) is 4.79 Å². The van der Waals surface area contributed by atoms with Crippen LogP contribution in [0.4, 0.5) is 0 Å². The standard InChI is InChI=1S/C26H54O9Si4.C24H52O9Si4.C22H52O9Si4.C21H48O9Si4/c1-23(2)26(27)30-15-12-18-39(9,34-37(5,6)17-11-14-29-20-25-22-32-25)35-38(7,8)33-36(3,4)16-10-13-28-19-24-21-31-24;1-34(2,13-8-10-25-16-22-19-28-22)31-36(5,6)33-37(7,14-9-11-26-17-23-20-29-23)32-35(3,4)15-12-27-18-24-21-30-24;1-32(2,17-8-12-25-14-10-23)29-34(5,6)31-35(7,18-9-13-27-20-22-21-28-22)30-33(3,4)19-16-26-15-11-24;1-31(2,13-8-10-23-16-20-17-26-20)28-33(5,6)30-34(7,14-9-11-24-19-22)29-32(3,4)15-12-25-21-18-27-21/h24-25H,1,10-22H2,2-9H3;22-24H,8-21H2,1-7H3;22-24H,8-21H2,1-7H3;20-22H,8-19H2,1-7H3. The van der Waals surface area contributed by atoms with Gasteiger partial charge >= 0.3 is 74.5 Å². The van der Waals surface area contributed by atoms with Gasteiger partial charge in [-0.3, -0.25) is 0 Å². The number of epoxide rings is 8. The minimum Gasteiger partial charge on any atom is -0.462 e. The van der Waals surface area contributed by atoms with Gasteiger partial charge in [-0.2, -0.15) is 0 Å². The van der Waals surface area contributed by atoms with E-state index in [1.807, 2.05) is 0 Å². The first-order valence-corrected chi connectivity index (χ1v) is 100. The Labute approximate surface area is 892 Å². The van der Waals surface area contributed by atoms with Gasteiger partial charge in [0.05, 0.1) is 126 Å². The summed E-state index contributed by atoms with van der Waals surface area (Å²) in [6, 6.07) is 11.0. The molecule has 12 unspecified atom stereocenters. The van der Waals surface area contributed by atoms with Gasteiger partial charge in [-0.15, -0.1) is 0 Å². The highest BCUT2D eigenvalue weighted by molar-refractivity contribution is 6.93. The molecule has 0 bridgehead atoms. The molecule has 8 rings (SSSR count). The van der Waals surface area contributed by atoms with Crippen LogP contribution in [0.5, 0.6) is 0 Å². The molecule has 0 amide bonds. The van der Waals surface area contributed by atoms with E-state index in [9.17, 15) is 4.79 Å². The van der Waals surface area contributed by atoms with Crippen LogP contribution in [0.1, 0.15) is 64.7 Å². The Balaban J connectivity index is 0.000000341. The fourth-order valence-corrected chi connectivity index (χ4v) is 95.0. The molecule has 36 nitrogen and oxygen atoms in total. The first-order valence-electron chi connectivity index (χ1n) is 54.0. The van der Waals surface area contributed by atoms with E-state index in [0.29, 0.717) is 168 Å². The molecule has 145 heavy (non-hydrogen) atoms. The number of rotatable bonds is 90. The van der Waals surface area contributed by atoms with Crippen LogP contribution in [0.3, 0.4) is 0 Å². The molecule has 8 aliphatic rings. The molecule has 8 fully saturated rings. The van der Waals surface area contributed by atoms with Gasteiger partial charge in [0.2, 0.25) is 0 Å². The molecule has 0 aromatic heterocycles. The SMILES string of the molecule is C=C(C)C(=O)OCCC[Si](C)(O[Si](C)(C)CCCOCC1CO1)O[Si](C)(C)O[Si](C)(C)CCCOCC1CO1.C[Si](C)(CCCOCC1CO1)O[Si](C)(C)O[Si](C)(CCCOCC1CO1)O[Si](C)(C)CCOCC1CO1.C[Si](C)(CCCOCC1CO1)O[Si](C)(C)O[Si](C)(CCCOCO)O[Si](C)(C)CCOC1CO1.C[Si](C)(CCCOCCO)O[Si](C)(C)O[Si](C)(CCCOCC1CO1)O[Si](C)(C)CCOCCO. The van der Waals surface area contributed by atoms with E-state index in [-0.39, 0.29) is 38.4 Å². The summed E-state index contributed by atoms with van der Waals surface area (Å²) in [5.74, 6) is -0.356. The quantitative estimate of drug-likeness (QED) is 0.0127. The molecule has 0 saturated carbocycles. The molecular formula is C93H206O36Si16. The molecule has 0 aromatic rings. The summed E-state index contributed by atoms with van der Waals surface area (Å²) in [5.41, 5.74) is 0.409. The zero-order valence-corrected chi connectivity index (χ0v) is 112. The number of ether oxygens (including phenoxy) is 20. The Kier molecular flexibility index (Phi) is 63.3. The average Bonchev–Trinajstić information content (AvgIpc) is 1.09. The zero-order valence-electron chi connectivity index (χ0n) is 95.6. The van der Waals surface area contributed by atoms with Crippen molar-refractivity contribution in [3.63, 3.8) is 0 Å². The summed E-state index contributed by atoms with van der Waals surface area (Å²) >= 11 is 0. The van der Waals surface area contributed by atoms with Crippen LogP contribution in [0.15, 0.2) is 12.2 Å². The van der Waals surface area contributed by atoms with E-state index in [1.54, 1.807) is 6.92 Å². The molecule has 8 saturated heterocycles. The molecular weight excluding hydrogens is 2140 g/mol. The van der Waals surface area contributed by atoms with Crippen LogP contribution in [-0.4, -0.2) is 417 Å². The summed E-state index contributed by atoms with van der Waals surface area (Å²) in [6.45, 7) is 86.9. The summed E-state index contributed by atoms with van der Waals surface area (Å²) in [7, 11) is -35.9. The van der Waals surface area contributed by atoms with Crippen molar-refractivity contribution in [1.29, 1.82) is 0 Å². The third-order valence-corrected chi connectivity index (χ3v) is 88.2. The van der Waals surface area contributed by atoms with Gasteiger partial charge in [0.25, 0.3) is 0 Å². The molecule has 52 heteroatoms. The van der Waals surface area contributed by atoms with Crippen molar-refractivity contribution in [2.24, 2.45) is 0 Å². The zero-order chi connectivity index (χ0) is 108. The van der Waals surface area contributed by atoms with Crippen LogP contribution in [0.25, 0.3) is 0 Å². The maximum Gasteiger partial charge on any atom is 0.333 e. The van der Waals surface area contributed by atoms with Gasteiger partial charge < -0.3 is 159 Å². The number of esters is 1. The van der Waals surface area contributed by atoms with Crippen LogP contribution >= 0.6 is 0 Å².